The molecule has 1 aromatic rings. The number of nitrogens with zero attached hydrogens (tertiary/aromatic N) is 6. The van der Waals surface area contributed by atoms with Crippen molar-refractivity contribution in [1.82, 2.24) is 29.9 Å². The van der Waals surface area contributed by atoms with Gasteiger partial charge < -0.3 is 24.4 Å². The Hall–Kier alpha value is -2.32. The molecular weight excluding hydrogens is 334 g/mol. The van der Waals surface area contributed by atoms with E-state index in [0.717, 1.165) is 43.5 Å². The Morgan fingerprint density at radius 2 is 2.12 bits per heavy atom. The van der Waals surface area contributed by atoms with Crippen molar-refractivity contribution in [2.24, 2.45) is 4.99 Å². The topological polar surface area (TPSA) is 87.9 Å². The second kappa shape index (κ2) is 6.44. The maximum absolute atomic E-state index is 12.3. The summed E-state index contributed by atoms with van der Waals surface area (Å²) >= 11 is 0. The number of nitrogens with one attached hydrogen (secondary N) is 1. The number of rotatable bonds is 2. The van der Waals surface area contributed by atoms with E-state index in [2.05, 4.69) is 30.0 Å². The average Bonchev–Trinajstić information content (AvgIpc) is 3.26. The third kappa shape index (κ3) is 3.34. The highest BCUT2D eigenvalue weighted by Gasteiger charge is 2.36. The molecule has 0 spiro atoms. The number of amides is 1. The second-order valence-electron chi connectivity index (χ2n) is 8.08. The van der Waals surface area contributed by atoms with Crippen molar-refractivity contribution in [2.75, 3.05) is 26.2 Å². The molecule has 1 amide bonds. The van der Waals surface area contributed by atoms with Gasteiger partial charge in [0.2, 0.25) is 0 Å². The lowest BCUT2D eigenvalue weighted by atomic mass is 10.2. The standard InChI is InChI=1S/C17H27N7O2/c1-17(2,3)26-16(25)22-7-8-23-12(11-22)9-18-15(23)19-10-14-21-20-13-5-4-6-24(13)14/h12H,4-11H2,1-3H3,(H,18,19). The zero-order chi connectivity index (χ0) is 18.3. The van der Waals surface area contributed by atoms with Crippen LogP contribution >= 0.6 is 0 Å². The van der Waals surface area contributed by atoms with E-state index in [4.69, 9.17) is 4.74 Å². The van der Waals surface area contributed by atoms with Crippen LogP contribution in [0.2, 0.25) is 0 Å². The van der Waals surface area contributed by atoms with Gasteiger partial charge in [-0.25, -0.2) is 4.79 Å². The monoisotopic (exact) mass is 361 g/mol. The van der Waals surface area contributed by atoms with E-state index in [0.29, 0.717) is 26.2 Å². The number of piperazine rings is 1. The summed E-state index contributed by atoms with van der Waals surface area (Å²) < 4.78 is 7.68. The number of hydrogen-bond acceptors (Lipinski definition) is 7. The number of ether oxygens (including phenoxy) is 1. The highest BCUT2D eigenvalue weighted by Crippen LogP contribution is 2.19. The first-order valence-electron chi connectivity index (χ1n) is 9.34. The molecule has 0 radical (unpaired) electrons. The van der Waals surface area contributed by atoms with Gasteiger partial charge >= 0.3 is 6.09 Å². The van der Waals surface area contributed by atoms with Gasteiger partial charge in [-0.05, 0) is 27.2 Å². The van der Waals surface area contributed by atoms with Crippen molar-refractivity contribution in [1.29, 1.82) is 0 Å². The van der Waals surface area contributed by atoms with Gasteiger partial charge in [0.15, 0.2) is 11.8 Å². The predicted molar refractivity (Wildman–Crippen MR) is 95.8 cm³/mol. The maximum atomic E-state index is 12.3. The first kappa shape index (κ1) is 17.1. The average molecular weight is 361 g/mol. The van der Waals surface area contributed by atoms with Crippen molar-refractivity contribution in [2.45, 2.75) is 58.3 Å². The number of guanidine groups is 1. The first-order chi connectivity index (χ1) is 12.4. The molecule has 3 aliphatic rings. The third-order valence-corrected chi connectivity index (χ3v) is 4.95. The predicted octanol–water partition coefficient (Wildman–Crippen LogP) is 0.605. The van der Waals surface area contributed by atoms with E-state index in [1.807, 2.05) is 20.8 Å². The lowest BCUT2D eigenvalue weighted by molar-refractivity contribution is 0.0137. The van der Waals surface area contributed by atoms with E-state index in [1.54, 1.807) is 4.90 Å². The molecule has 1 atom stereocenters. The molecule has 4 heterocycles. The molecule has 1 fully saturated rings. The van der Waals surface area contributed by atoms with Gasteiger partial charge in [-0.1, -0.05) is 0 Å². The van der Waals surface area contributed by atoms with E-state index < -0.39 is 5.60 Å². The van der Waals surface area contributed by atoms with Crippen molar-refractivity contribution >= 4 is 12.1 Å². The minimum Gasteiger partial charge on any atom is -0.444 e. The van der Waals surface area contributed by atoms with Gasteiger partial charge in [0, 0.05) is 32.6 Å². The van der Waals surface area contributed by atoms with Gasteiger partial charge in [0.25, 0.3) is 0 Å². The Morgan fingerprint density at radius 3 is 2.92 bits per heavy atom. The molecule has 1 unspecified atom stereocenters. The fourth-order valence-electron chi connectivity index (χ4n) is 3.72. The summed E-state index contributed by atoms with van der Waals surface area (Å²) in [5.74, 6) is 2.95. The quantitative estimate of drug-likeness (QED) is 0.830. The highest BCUT2D eigenvalue weighted by atomic mass is 16.6. The maximum Gasteiger partial charge on any atom is 0.410 e. The van der Waals surface area contributed by atoms with Crippen molar-refractivity contribution in [3.05, 3.63) is 11.6 Å². The molecule has 3 aliphatic heterocycles. The van der Waals surface area contributed by atoms with Crippen LogP contribution in [-0.4, -0.2) is 74.4 Å². The van der Waals surface area contributed by atoms with E-state index in [9.17, 15) is 4.79 Å². The van der Waals surface area contributed by atoms with Crippen LogP contribution in [0.1, 0.15) is 38.8 Å². The molecule has 9 heteroatoms. The van der Waals surface area contributed by atoms with Crippen LogP contribution in [0.25, 0.3) is 0 Å². The molecule has 0 aromatic carbocycles. The second-order valence-corrected chi connectivity index (χ2v) is 8.08. The summed E-state index contributed by atoms with van der Waals surface area (Å²) in [6.07, 6.45) is 1.92. The molecule has 0 bridgehead atoms. The Kier molecular flexibility index (Phi) is 4.24. The number of aliphatic imine (C=N–C) groups is 1. The number of carbonyl (C=O) groups is 1. The van der Waals surface area contributed by atoms with Crippen LogP contribution < -0.4 is 5.32 Å². The van der Waals surface area contributed by atoms with Gasteiger partial charge in [0.1, 0.15) is 11.4 Å². The summed E-state index contributed by atoms with van der Waals surface area (Å²) in [7, 11) is 0. The van der Waals surface area contributed by atoms with Crippen LogP contribution in [0.15, 0.2) is 4.99 Å². The Bertz CT molecular complexity index is 721. The fourth-order valence-corrected chi connectivity index (χ4v) is 3.72. The molecule has 26 heavy (non-hydrogen) atoms. The highest BCUT2D eigenvalue weighted by molar-refractivity contribution is 5.82. The SMILES string of the molecule is CC(C)(C)OC(=O)N1CCN2C(NCc3nnc4n3CCC4)=NCC2C1. The zero-order valence-electron chi connectivity index (χ0n) is 15.7. The molecular formula is C17H27N7O2. The number of aryl methyl sites for hydroxylation is 1. The Balaban J connectivity index is 1.31. The van der Waals surface area contributed by atoms with Crippen LogP contribution in [0.4, 0.5) is 4.79 Å². The Morgan fingerprint density at radius 1 is 1.27 bits per heavy atom. The molecule has 9 nitrogen and oxygen atoms in total. The molecule has 0 saturated carbocycles. The lowest BCUT2D eigenvalue weighted by Gasteiger charge is -2.39. The largest absolute Gasteiger partial charge is 0.444 e. The third-order valence-electron chi connectivity index (χ3n) is 4.95. The van der Waals surface area contributed by atoms with Crippen LogP contribution in [0, 0.1) is 0 Å². The van der Waals surface area contributed by atoms with Crippen molar-refractivity contribution in [3.63, 3.8) is 0 Å². The number of aromatic nitrogens is 3. The fraction of sp³-hybridized carbons (Fsp3) is 0.765. The molecule has 142 valence electrons. The van der Waals surface area contributed by atoms with Crippen molar-refractivity contribution in [3.8, 4) is 0 Å². The summed E-state index contributed by atoms with van der Waals surface area (Å²) in [6, 6.07) is 0.211. The van der Waals surface area contributed by atoms with E-state index in [1.165, 1.54) is 0 Å². The molecule has 4 rings (SSSR count). The number of fused-ring (bicyclic) bond motifs is 2. The van der Waals surface area contributed by atoms with Gasteiger partial charge in [-0.3, -0.25) is 4.99 Å². The minimum absolute atomic E-state index is 0.211. The van der Waals surface area contributed by atoms with Crippen molar-refractivity contribution < 1.29 is 9.53 Å². The summed E-state index contributed by atoms with van der Waals surface area (Å²) in [5, 5.41) is 11.9. The van der Waals surface area contributed by atoms with Crippen LogP contribution in [0.3, 0.4) is 0 Å². The van der Waals surface area contributed by atoms with Gasteiger partial charge in [-0.2, -0.15) is 0 Å². The molecule has 1 saturated heterocycles. The molecule has 1 aromatic heterocycles. The summed E-state index contributed by atoms with van der Waals surface area (Å²) in [6.45, 7) is 10.0. The van der Waals surface area contributed by atoms with Gasteiger partial charge in [0.05, 0.1) is 19.1 Å². The first-order valence-corrected chi connectivity index (χ1v) is 9.34. The number of carbonyl (C=O) groups excluding carboxylic acids is 1. The molecule has 1 N–H and O–H groups in total. The summed E-state index contributed by atoms with van der Waals surface area (Å²) in [4.78, 5) is 21.0. The molecule has 0 aliphatic carbocycles. The minimum atomic E-state index is -0.467. The zero-order valence-corrected chi connectivity index (χ0v) is 15.7. The van der Waals surface area contributed by atoms with Crippen LogP contribution in [-0.2, 0) is 24.2 Å². The van der Waals surface area contributed by atoms with E-state index in [-0.39, 0.29) is 12.1 Å². The smallest absolute Gasteiger partial charge is 0.410 e. The van der Waals surface area contributed by atoms with E-state index >= 15 is 0 Å². The lowest BCUT2D eigenvalue weighted by Crippen LogP contribution is -2.57. The Labute approximate surface area is 153 Å². The van der Waals surface area contributed by atoms with Gasteiger partial charge in [-0.15, -0.1) is 10.2 Å². The normalized spacial score (nSPS) is 22.1. The number of hydrogen-bond donors (Lipinski definition) is 1. The summed E-state index contributed by atoms with van der Waals surface area (Å²) in [5.41, 5.74) is -0.467. The van der Waals surface area contributed by atoms with Crippen LogP contribution in [0.5, 0.6) is 0 Å².